The first-order valence-electron chi connectivity index (χ1n) is 10.5. The Labute approximate surface area is 191 Å². The fourth-order valence-corrected chi connectivity index (χ4v) is 4.00. The molecule has 3 aliphatic heterocycles. The lowest BCUT2D eigenvalue weighted by Crippen LogP contribution is -2.66. The van der Waals surface area contributed by atoms with E-state index in [2.05, 4.69) is 4.74 Å². The summed E-state index contributed by atoms with van der Waals surface area (Å²) in [5.74, 6) is 0. The van der Waals surface area contributed by atoms with Crippen LogP contribution in [0.15, 0.2) is 0 Å². The first-order valence-corrected chi connectivity index (χ1v) is 10.5. The van der Waals surface area contributed by atoms with Gasteiger partial charge in [-0.2, -0.15) is 0 Å². The number of aliphatic hydroxyl groups is 9. The lowest BCUT2D eigenvalue weighted by Gasteiger charge is -2.47. The smallest absolute Gasteiger partial charge is 0.233 e. The summed E-state index contributed by atoms with van der Waals surface area (Å²) in [6, 6.07) is 0. The summed E-state index contributed by atoms with van der Waals surface area (Å²) < 4.78 is 53.5. The van der Waals surface area contributed by atoms with Gasteiger partial charge in [-0.05, 0) is 0 Å². The molecule has 0 aromatic carbocycles. The van der Waals surface area contributed by atoms with Gasteiger partial charge in [0.25, 0.3) is 0 Å². The van der Waals surface area contributed by atoms with Crippen LogP contribution in [-0.2, 0) is 23.7 Å². The van der Waals surface area contributed by atoms with Gasteiger partial charge in [-0.25, -0.2) is 8.78 Å². The maximum absolute atomic E-state index is 14.3. The van der Waals surface area contributed by atoms with E-state index >= 15 is 0 Å². The normalized spacial score (nSPS) is 52.5. The molecule has 15 unspecified atom stereocenters. The molecule has 200 valence electrons. The minimum absolute atomic E-state index is 0.765. The second kappa shape index (κ2) is 11.6. The van der Waals surface area contributed by atoms with Gasteiger partial charge in [0, 0.05) is 0 Å². The van der Waals surface area contributed by atoms with Crippen molar-refractivity contribution in [2.24, 2.45) is 0 Å². The molecule has 15 atom stereocenters. The van der Waals surface area contributed by atoms with Crippen molar-refractivity contribution in [2.75, 3.05) is 19.8 Å². The Morgan fingerprint density at radius 2 is 1.00 bits per heavy atom. The van der Waals surface area contributed by atoms with E-state index in [9.17, 15) is 49.6 Å². The summed E-state index contributed by atoms with van der Waals surface area (Å²) in [6.45, 7) is -2.52. The van der Waals surface area contributed by atoms with Crippen LogP contribution in [0.3, 0.4) is 0 Å². The first kappa shape index (κ1) is 27.9. The van der Waals surface area contributed by atoms with Crippen molar-refractivity contribution < 1.29 is 78.4 Å². The van der Waals surface area contributed by atoms with Crippen molar-refractivity contribution in [1.82, 2.24) is 0 Å². The van der Waals surface area contributed by atoms with Crippen molar-refractivity contribution in [3.05, 3.63) is 0 Å². The molecule has 3 fully saturated rings. The van der Waals surface area contributed by atoms with Gasteiger partial charge in [0.2, 0.25) is 6.36 Å². The molecule has 9 N–H and O–H groups in total. The Morgan fingerprint density at radius 3 is 1.56 bits per heavy atom. The van der Waals surface area contributed by atoms with Gasteiger partial charge in [-0.1, -0.05) is 0 Å². The lowest BCUT2D eigenvalue weighted by molar-refractivity contribution is -0.373. The maximum atomic E-state index is 14.3. The van der Waals surface area contributed by atoms with Gasteiger partial charge in [-0.15, -0.1) is 0 Å². The summed E-state index contributed by atoms with van der Waals surface area (Å²) >= 11 is 0. The van der Waals surface area contributed by atoms with Crippen molar-refractivity contribution >= 4 is 0 Å². The minimum Gasteiger partial charge on any atom is -0.394 e. The second-order valence-electron chi connectivity index (χ2n) is 8.25. The number of halogens is 2. The number of ether oxygens (including phenoxy) is 5. The highest BCUT2D eigenvalue weighted by Crippen LogP contribution is 2.33. The molecule has 0 aromatic rings. The van der Waals surface area contributed by atoms with Crippen LogP contribution in [0, 0.1) is 0 Å². The summed E-state index contributed by atoms with van der Waals surface area (Å²) in [6.07, 6.45) is -28.0. The highest BCUT2D eigenvalue weighted by Gasteiger charge is 2.53. The van der Waals surface area contributed by atoms with Gasteiger partial charge in [-0.3, -0.25) is 0 Å². The zero-order chi connectivity index (χ0) is 25.3. The van der Waals surface area contributed by atoms with E-state index in [1.54, 1.807) is 0 Å². The number of alkyl halides is 2. The Hall–Kier alpha value is -0.700. The van der Waals surface area contributed by atoms with E-state index < -0.39 is 112 Å². The molecule has 0 amide bonds. The summed E-state index contributed by atoms with van der Waals surface area (Å²) in [5, 5.41) is 89.0. The van der Waals surface area contributed by atoms with Crippen molar-refractivity contribution in [3.8, 4) is 0 Å². The van der Waals surface area contributed by atoms with Crippen LogP contribution in [-0.4, -0.2) is 158 Å². The fourth-order valence-electron chi connectivity index (χ4n) is 4.00. The van der Waals surface area contributed by atoms with Crippen LogP contribution in [0.5, 0.6) is 0 Å². The van der Waals surface area contributed by atoms with Gasteiger partial charge in [0.1, 0.15) is 67.1 Å². The molecule has 3 heterocycles. The van der Waals surface area contributed by atoms with Crippen molar-refractivity contribution in [2.45, 2.75) is 92.3 Å². The van der Waals surface area contributed by atoms with Crippen LogP contribution in [0.1, 0.15) is 0 Å². The Morgan fingerprint density at radius 1 is 0.529 bits per heavy atom. The number of rotatable bonds is 7. The van der Waals surface area contributed by atoms with Crippen molar-refractivity contribution in [1.29, 1.82) is 0 Å². The van der Waals surface area contributed by atoms with Crippen LogP contribution in [0.4, 0.5) is 8.78 Å². The summed E-state index contributed by atoms with van der Waals surface area (Å²) in [4.78, 5) is 0. The van der Waals surface area contributed by atoms with E-state index in [1.165, 1.54) is 0 Å². The highest BCUT2D eigenvalue weighted by atomic mass is 19.2. The monoisotopic (exact) mass is 508 g/mol. The molecule has 16 heteroatoms. The van der Waals surface area contributed by atoms with Gasteiger partial charge < -0.3 is 69.6 Å². The molecule has 0 spiro atoms. The molecule has 3 rings (SSSR count). The van der Waals surface area contributed by atoms with E-state index in [0.717, 1.165) is 0 Å². The number of hydrogen-bond donors (Lipinski definition) is 9. The molecule has 0 saturated carbocycles. The minimum atomic E-state index is -2.58. The second-order valence-corrected chi connectivity index (χ2v) is 8.25. The Kier molecular flexibility index (Phi) is 9.49. The van der Waals surface area contributed by atoms with Crippen molar-refractivity contribution in [3.63, 3.8) is 0 Å². The molecule has 0 radical (unpaired) electrons. The fraction of sp³-hybridized carbons (Fsp3) is 1.00. The SMILES string of the molecule is OCC1OC(OC2C(CO)OC(OC3C(O)C(CO)OC(F)C3F)C(O)C2O)C(O)C(O)C1O. The quantitative estimate of drug-likeness (QED) is 0.156. The lowest BCUT2D eigenvalue weighted by atomic mass is 9.96. The third-order valence-electron chi connectivity index (χ3n) is 6.02. The van der Waals surface area contributed by atoms with Gasteiger partial charge >= 0.3 is 0 Å². The largest absolute Gasteiger partial charge is 0.394 e. The third-order valence-corrected chi connectivity index (χ3v) is 6.02. The van der Waals surface area contributed by atoms with E-state index in [4.69, 9.17) is 24.1 Å². The van der Waals surface area contributed by atoms with Crippen LogP contribution in [0.2, 0.25) is 0 Å². The van der Waals surface area contributed by atoms with Crippen LogP contribution >= 0.6 is 0 Å². The van der Waals surface area contributed by atoms with E-state index in [1.807, 2.05) is 0 Å². The molecular formula is C18H30F2O14. The molecule has 14 nitrogen and oxygen atoms in total. The molecule has 3 aliphatic rings. The Bertz CT molecular complexity index is 646. The third kappa shape index (κ3) is 5.35. The molecule has 3 saturated heterocycles. The molecular weight excluding hydrogens is 478 g/mol. The van der Waals surface area contributed by atoms with Gasteiger partial charge in [0.15, 0.2) is 18.8 Å². The standard InChI is InChI=1S/C18H30F2O14/c19-7-15(9(25)5(2-22)30-16(7)20)34-18-13(29)11(27)14(6(3-23)32-18)33-17-12(28)10(26)8(24)4(1-21)31-17/h4-18,21-29H,1-3H2. The molecule has 0 aromatic heterocycles. The maximum Gasteiger partial charge on any atom is 0.233 e. The predicted octanol–water partition coefficient (Wildman–Crippen LogP) is -5.62. The predicted molar refractivity (Wildman–Crippen MR) is 99.0 cm³/mol. The molecule has 0 bridgehead atoms. The first-order chi connectivity index (χ1) is 16.0. The molecule has 34 heavy (non-hydrogen) atoms. The number of hydrogen-bond acceptors (Lipinski definition) is 14. The van der Waals surface area contributed by atoms with E-state index in [-0.39, 0.29) is 0 Å². The van der Waals surface area contributed by atoms with Gasteiger partial charge in [0.05, 0.1) is 19.8 Å². The zero-order valence-corrected chi connectivity index (χ0v) is 17.6. The molecule has 0 aliphatic carbocycles. The summed E-state index contributed by atoms with van der Waals surface area (Å²) in [7, 11) is 0. The average molecular weight is 508 g/mol. The summed E-state index contributed by atoms with van der Waals surface area (Å²) in [5.41, 5.74) is 0. The van der Waals surface area contributed by atoms with E-state index in [0.29, 0.717) is 0 Å². The van der Waals surface area contributed by atoms with Crippen LogP contribution in [0.25, 0.3) is 0 Å². The number of aliphatic hydroxyl groups excluding tert-OH is 9. The highest BCUT2D eigenvalue weighted by molar-refractivity contribution is 4.96. The zero-order valence-electron chi connectivity index (χ0n) is 17.6. The average Bonchev–Trinajstić information content (AvgIpc) is 2.83. The topological polar surface area (TPSA) is 228 Å². The Balaban J connectivity index is 1.72. The van der Waals surface area contributed by atoms with Crippen LogP contribution < -0.4 is 0 Å².